The Morgan fingerprint density at radius 3 is 2.71 bits per heavy atom. The van der Waals surface area contributed by atoms with E-state index in [9.17, 15) is 9.90 Å². The number of fused-ring (bicyclic) bond motifs is 1. The quantitative estimate of drug-likeness (QED) is 0.592. The van der Waals surface area contributed by atoms with Gasteiger partial charge in [-0.1, -0.05) is 18.1 Å². The second-order valence-electron chi connectivity index (χ2n) is 5.87. The Bertz CT molecular complexity index is 1040. The van der Waals surface area contributed by atoms with Gasteiger partial charge in [-0.3, -0.25) is 4.79 Å². The van der Waals surface area contributed by atoms with E-state index in [0.717, 1.165) is 5.56 Å². The summed E-state index contributed by atoms with van der Waals surface area (Å²) in [5.74, 6) is 5.76. The van der Waals surface area contributed by atoms with E-state index < -0.39 is 5.60 Å². The van der Waals surface area contributed by atoms with Gasteiger partial charge in [-0.25, -0.2) is 9.97 Å². The number of aromatic nitrogens is 3. The summed E-state index contributed by atoms with van der Waals surface area (Å²) < 4.78 is 0. The lowest BCUT2D eigenvalue weighted by Gasteiger charge is -2.09. The van der Waals surface area contributed by atoms with Gasteiger partial charge in [-0.15, -0.1) is 0 Å². The summed E-state index contributed by atoms with van der Waals surface area (Å²) in [5.41, 5.74) is 7.18. The van der Waals surface area contributed by atoms with Crippen LogP contribution in [0.4, 0.5) is 5.82 Å². The molecule has 6 heteroatoms. The average molecular weight is 320 g/mol. The van der Waals surface area contributed by atoms with Crippen LogP contribution >= 0.6 is 0 Å². The number of benzene rings is 1. The van der Waals surface area contributed by atoms with Crippen LogP contribution in [0.2, 0.25) is 0 Å². The SMILES string of the molecule is CC(C)(O)C#Cc1ccc(-c2cccc3c(=O)[nH]cnc23)c(N)n1. The van der Waals surface area contributed by atoms with Gasteiger partial charge in [0.15, 0.2) is 0 Å². The van der Waals surface area contributed by atoms with Crippen LogP contribution in [0.25, 0.3) is 22.0 Å². The number of nitrogens with two attached hydrogens (primary N) is 1. The van der Waals surface area contributed by atoms with Crippen LogP contribution in [0.3, 0.4) is 0 Å². The van der Waals surface area contributed by atoms with Gasteiger partial charge in [0.05, 0.1) is 17.2 Å². The lowest BCUT2D eigenvalue weighted by atomic mass is 10.0. The van der Waals surface area contributed by atoms with Crippen molar-refractivity contribution < 1.29 is 5.11 Å². The predicted molar refractivity (Wildman–Crippen MR) is 93.2 cm³/mol. The number of nitrogens with zero attached hydrogens (tertiary/aromatic N) is 2. The number of rotatable bonds is 1. The van der Waals surface area contributed by atoms with E-state index in [1.54, 1.807) is 38.1 Å². The number of H-pyrrole nitrogens is 1. The smallest absolute Gasteiger partial charge is 0.258 e. The zero-order valence-electron chi connectivity index (χ0n) is 13.3. The lowest BCUT2D eigenvalue weighted by Crippen LogP contribution is -2.14. The predicted octanol–water partition coefficient (Wildman–Crippen LogP) is 1.69. The number of nitrogen functional groups attached to an aromatic ring is 1. The number of hydrogen-bond donors (Lipinski definition) is 3. The first-order valence-corrected chi connectivity index (χ1v) is 7.34. The van der Waals surface area contributed by atoms with Gasteiger partial charge in [0.1, 0.15) is 17.1 Å². The van der Waals surface area contributed by atoms with E-state index >= 15 is 0 Å². The minimum Gasteiger partial charge on any atom is -0.383 e. The summed E-state index contributed by atoms with van der Waals surface area (Å²) >= 11 is 0. The highest BCUT2D eigenvalue weighted by molar-refractivity contribution is 5.95. The molecular weight excluding hydrogens is 304 g/mol. The normalized spacial score (nSPS) is 11.1. The van der Waals surface area contributed by atoms with Crippen molar-refractivity contribution in [2.24, 2.45) is 0 Å². The molecule has 0 saturated carbocycles. The fraction of sp³-hybridized carbons (Fsp3) is 0.167. The molecule has 0 aliphatic rings. The number of nitrogens with one attached hydrogen (secondary N) is 1. The fourth-order valence-corrected chi connectivity index (χ4v) is 2.31. The number of aliphatic hydroxyl groups is 1. The average Bonchev–Trinajstić information content (AvgIpc) is 2.53. The molecule has 3 rings (SSSR count). The molecule has 0 spiro atoms. The first-order valence-electron chi connectivity index (χ1n) is 7.34. The second kappa shape index (κ2) is 5.80. The van der Waals surface area contributed by atoms with Crippen LogP contribution in [-0.2, 0) is 0 Å². The van der Waals surface area contributed by atoms with Crippen LogP contribution in [0.15, 0.2) is 41.5 Å². The van der Waals surface area contributed by atoms with Crippen molar-refractivity contribution >= 4 is 16.7 Å². The molecule has 4 N–H and O–H groups in total. The lowest BCUT2D eigenvalue weighted by molar-refractivity contribution is 0.143. The van der Waals surface area contributed by atoms with E-state index in [-0.39, 0.29) is 11.4 Å². The van der Waals surface area contributed by atoms with Crippen molar-refractivity contribution in [1.82, 2.24) is 15.0 Å². The van der Waals surface area contributed by atoms with Gasteiger partial charge in [0.25, 0.3) is 5.56 Å². The van der Waals surface area contributed by atoms with Gasteiger partial charge >= 0.3 is 0 Å². The van der Waals surface area contributed by atoms with Crippen LogP contribution in [0.1, 0.15) is 19.5 Å². The van der Waals surface area contributed by atoms with Crippen LogP contribution in [0, 0.1) is 11.8 Å². The van der Waals surface area contributed by atoms with Gasteiger partial charge in [-0.2, -0.15) is 0 Å². The maximum absolute atomic E-state index is 11.9. The van der Waals surface area contributed by atoms with Crippen molar-refractivity contribution in [1.29, 1.82) is 0 Å². The van der Waals surface area contributed by atoms with Gasteiger partial charge in [0, 0.05) is 11.1 Å². The molecule has 0 aliphatic carbocycles. The van der Waals surface area contributed by atoms with Gasteiger partial charge < -0.3 is 15.8 Å². The third kappa shape index (κ3) is 3.12. The summed E-state index contributed by atoms with van der Waals surface area (Å²) in [6.45, 7) is 3.19. The molecule has 0 amide bonds. The van der Waals surface area contributed by atoms with Gasteiger partial charge in [-0.05, 0) is 38.0 Å². The number of para-hydroxylation sites is 1. The summed E-state index contributed by atoms with van der Waals surface area (Å²) in [6.07, 6.45) is 1.36. The van der Waals surface area contributed by atoms with Crippen molar-refractivity contribution in [3.63, 3.8) is 0 Å². The Labute approximate surface area is 138 Å². The third-order valence-electron chi connectivity index (χ3n) is 3.38. The molecule has 0 saturated heterocycles. The standard InChI is InChI=1S/C18H16N4O2/c1-18(2,24)9-8-11-6-7-13(16(19)22-11)12-4-3-5-14-15(12)20-10-21-17(14)23/h3-7,10,24H,1-2H3,(H2,19,22)(H,20,21,23). The van der Waals surface area contributed by atoms with E-state index in [4.69, 9.17) is 5.73 Å². The molecule has 0 unspecified atom stereocenters. The van der Waals surface area contributed by atoms with E-state index in [2.05, 4.69) is 26.8 Å². The van der Waals surface area contributed by atoms with Crippen molar-refractivity contribution in [3.8, 4) is 23.0 Å². The Kier molecular flexibility index (Phi) is 3.80. The number of pyridine rings is 1. The molecule has 0 radical (unpaired) electrons. The Hall–Kier alpha value is -3.17. The molecule has 0 bridgehead atoms. The van der Waals surface area contributed by atoms with E-state index in [0.29, 0.717) is 22.2 Å². The summed E-state index contributed by atoms with van der Waals surface area (Å²) in [6, 6.07) is 8.82. The molecule has 2 heterocycles. The van der Waals surface area contributed by atoms with Crippen molar-refractivity contribution in [2.45, 2.75) is 19.4 Å². The number of aromatic amines is 1. The first kappa shape index (κ1) is 15.7. The maximum Gasteiger partial charge on any atom is 0.258 e. The molecule has 0 fully saturated rings. The zero-order chi connectivity index (χ0) is 17.3. The molecule has 3 aromatic rings. The third-order valence-corrected chi connectivity index (χ3v) is 3.38. The largest absolute Gasteiger partial charge is 0.383 e. The van der Waals surface area contributed by atoms with Crippen LogP contribution in [0.5, 0.6) is 0 Å². The van der Waals surface area contributed by atoms with E-state index in [1.165, 1.54) is 6.33 Å². The highest BCUT2D eigenvalue weighted by Gasteiger charge is 2.11. The minimum atomic E-state index is -1.10. The minimum absolute atomic E-state index is 0.207. The topological polar surface area (TPSA) is 105 Å². The summed E-state index contributed by atoms with van der Waals surface area (Å²) in [7, 11) is 0. The van der Waals surface area contributed by atoms with Crippen molar-refractivity contribution in [2.75, 3.05) is 5.73 Å². The molecular formula is C18H16N4O2. The fourth-order valence-electron chi connectivity index (χ4n) is 2.31. The zero-order valence-corrected chi connectivity index (χ0v) is 13.3. The maximum atomic E-state index is 11.9. The molecule has 0 aliphatic heterocycles. The first-order chi connectivity index (χ1) is 11.3. The monoisotopic (exact) mass is 320 g/mol. The molecule has 1 aromatic carbocycles. The number of anilines is 1. The van der Waals surface area contributed by atoms with Crippen LogP contribution in [-0.4, -0.2) is 25.7 Å². The highest BCUT2D eigenvalue weighted by Crippen LogP contribution is 2.29. The molecule has 120 valence electrons. The van der Waals surface area contributed by atoms with Crippen molar-refractivity contribution in [3.05, 3.63) is 52.7 Å². The second-order valence-corrected chi connectivity index (χ2v) is 5.87. The highest BCUT2D eigenvalue weighted by atomic mass is 16.3. The molecule has 24 heavy (non-hydrogen) atoms. The summed E-state index contributed by atoms with van der Waals surface area (Å²) in [4.78, 5) is 23.0. The van der Waals surface area contributed by atoms with E-state index in [1.807, 2.05) is 6.07 Å². The Balaban J connectivity index is 2.13. The molecule has 6 nitrogen and oxygen atoms in total. The Morgan fingerprint density at radius 2 is 2.00 bits per heavy atom. The van der Waals surface area contributed by atoms with Gasteiger partial charge in [0.2, 0.25) is 0 Å². The molecule has 2 aromatic heterocycles. The number of hydrogen-bond acceptors (Lipinski definition) is 5. The van der Waals surface area contributed by atoms with Crippen LogP contribution < -0.4 is 11.3 Å². The Morgan fingerprint density at radius 1 is 1.21 bits per heavy atom. The molecule has 0 atom stereocenters. The summed E-state index contributed by atoms with van der Waals surface area (Å²) in [5, 5.41) is 10.1.